The van der Waals surface area contributed by atoms with Gasteiger partial charge in [0.05, 0.1) is 31.5 Å². The fourth-order valence-electron chi connectivity index (χ4n) is 4.47. The van der Waals surface area contributed by atoms with Crippen LogP contribution in [-0.4, -0.2) is 62.7 Å². The van der Waals surface area contributed by atoms with E-state index in [0.29, 0.717) is 42.1 Å². The largest absolute Gasteiger partial charge is 0.495 e. The average molecular weight is 566 g/mol. The number of alkyl halides is 1. The third-order valence-electron chi connectivity index (χ3n) is 6.56. The van der Waals surface area contributed by atoms with Crippen LogP contribution in [0.25, 0.3) is 0 Å². The highest BCUT2D eigenvalue weighted by Gasteiger charge is 2.36. The highest BCUT2D eigenvalue weighted by atomic mass is 19.1. The molecule has 0 radical (unpaired) electrons. The molecule has 3 aromatic carbocycles. The first-order valence-electron chi connectivity index (χ1n) is 13.0. The molecule has 0 unspecified atom stereocenters. The van der Waals surface area contributed by atoms with Crippen LogP contribution in [0.1, 0.15) is 28.8 Å². The van der Waals surface area contributed by atoms with Gasteiger partial charge >= 0.3 is 12.0 Å². The number of ketones is 1. The Morgan fingerprint density at radius 2 is 1.68 bits per heavy atom. The van der Waals surface area contributed by atoms with Crippen LogP contribution in [0.2, 0.25) is 0 Å². The Morgan fingerprint density at radius 1 is 0.976 bits per heavy atom. The third kappa shape index (κ3) is 7.95. The molecule has 11 heteroatoms. The van der Waals surface area contributed by atoms with Crippen molar-refractivity contribution in [3.8, 4) is 17.2 Å². The van der Waals surface area contributed by atoms with E-state index in [2.05, 4.69) is 15.4 Å². The van der Waals surface area contributed by atoms with Crippen LogP contribution >= 0.6 is 0 Å². The van der Waals surface area contributed by atoms with E-state index in [-0.39, 0.29) is 24.7 Å². The Bertz CT molecular complexity index is 1330. The lowest BCUT2D eigenvalue weighted by Crippen LogP contribution is -2.44. The maximum atomic E-state index is 15.1. The minimum Gasteiger partial charge on any atom is -0.495 e. The standard InChI is InChI=1S/C30H32FN3O7/c1-38-27-8-4-3-6-24(27)33-30(37)32-19-40-22-13-9-20(10-14-22)18-26(35)25-7-5-17-34(25)29(31)41-23-15-11-21(12-16-23)28(36)39-2/h3-4,6,8-16,25,29H,5,7,17-19H2,1-2H3,(H2,32,33,37)/t25-,29-/m0/s1. The summed E-state index contributed by atoms with van der Waals surface area (Å²) in [5, 5.41) is 5.29. The SMILES string of the molecule is COC(=O)c1ccc(O[C@@H](F)N2CCC[C@H]2C(=O)Cc2ccc(OCNC(=O)Nc3ccccc3OC)cc2)cc1. The summed E-state index contributed by atoms with van der Waals surface area (Å²) in [6.45, 7) is -1.49. The van der Waals surface area contributed by atoms with Gasteiger partial charge in [0, 0.05) is 13.0 Å². The number of benzene rings is 3. The molecule has 1 aliphatic heterocycles. The van der Waals surface area contributed by atoms with E-state index in [9.17, 15) is 14.4 Å². The minimum absolute atomic E-state index is 0.0698. The smallest absolute Gasteiger partial charge is 0.337 e. The van der Waals surface area contributed by atoms with Gasteiger partial charge in [-0.05, 0) is 66.9 Å². The number of carbonyl (C=O) groups is 3. The van der Waals surface area contributed by atoms with Gasteiger partial charge in [-0.1, -0.05) is 24.3 Å². The molecule has 1 saturated heterocycles. The van der Waals surface area contributed by atoms with E-state index >= 15 is 4.39 Å². The number of nitrogens with zero attached hydrogens (tertiary/aromatic N) is 1. The molecule has 3 aromatic rings. The number of esters is 1. The van der Waals surface area contributed by atoms with Crippen molar-refractivity contribution in [2.75, 3.05) is 32.8 Å². The molecule has 41 heavy (non-hydrogen) atoms. The number of methoxy groups -OCH3 is 2. The summed E-state index contributed by atoms with van der Waals surface area (Å²) in [5.41, 5.74) is 1.61. The number of anilines is 1. The summed E-state index contributed by atoms with van der Waals surface area (Å²) in [7, 11) is 2.80. The van der Waals surface area contributed by atoms with Crippen LogP contribution in [0.5, 0.6) is 17.2 Å². The van der Waals surface area contributed by atoms with Crippen molar-refractivity contribution in [3.05, 3.63) is 83.9 Å². The fraction of sp³-hybridized carbons (Fsp3) is 0.300. The molecule has 216 valence electrons. The van der Waals surface area contributed by atoms with E-state index in [1.54, 1.807) is 48.5 Å². The molecule has 0 saturated carbocycles. The van der Waals surface area contributed by atoms with E-state index in [1.165, 1.54) is 43.4 Å². The first-order chi connectivity index (χ1) is 19.9. The summed E-state index contributed by atoms with van der Waals surface area (Å²) in [5.74, 6) is 0.679. The van der Waals surface area contributed by atoms with Crippen LogP contribution in [0.4, 0.5) is 14.9 Å². The highest BCUT2D eigenvalue weighted by molar-refractivity contribution is 5.91. The lowest BCUT2D eigenvalue weighted by molar-refractivity contribution is -0.133. The molecule has 0 aliphatic carbocycles. The summed E-state index contributed by atoms with van der Waals surface area (Å²) in [6, 6.07) is 18.8. The van der Waals surface area contributed by atoms with E-state index in [0.717, 1.165) is 5.56 Å². The molecule has 10 nitrogen and oxygen atoms in total. The third-order valence-corrected chi connectivity index (χ3v) is 6.56. The van der Waals surface area contributed by atoms with Gasteiger partial charge in [0.25, 0.3) is 6.48 Å². The number of hydrogen-bond donors (Lipinski definition) is 2. The Labute approximate surface area is 237 Å². The van der Waals surface area contributed by atoms with Crippen LogP contribution in [0.3, 0.4) is 0 Å². The van der Waals surface area contributed by atoms with Crippen molar-refractivity contribution in [2.45, 2.75) is 31.8 Å². The average Bonchev–Trinajstić information content (AvgIpc) is 3.49. The molecule has 1 fully saturated rings. The van der Waals surface area contributed by atoms with Crippen molar-refractivity contribution in [2.24, 2.45) is 0 Å². The first-order valence-corrected chi connectivity index (χ1v) is 13.0. The summed E-state index contributed by atoms with van der Waals surface area (Å²) >= 11 is 0. The number of ether oxygens (including phenoxy) is 4. The van der Waals surface area contributed by atoms with Crippen molar-refractivity contribution >= 4 is 23.5 Å². The summed E-state index contributed by atoms with van der Waals surface area (Å²) < 4.78 is 35.9. The van der Waals surface area contributed by atoms with Crippen LogP contribution in [0.15, 0.2) is 72.8 Å². The van der Waals surface area contributed by atoms with Crippen molar-refractivity contribution in [1.29, 1.82) is 0 Å². The molecular weight excluding hydrogens is 533 g/mol. The number of rotatable bonds is 12. The number of likely N-dealkylation sites (tertiary alicyclic amines) is 1. The summed E-state index contributed by atoms with van der Waals surface area (Å²) in [6.07, 6.45) is 1.33. The quantitative estimate of drug-likeness (QED) is 0.187. The van der Waals surface area contributed by atoms with E-state index < -0.39 is 24.5 Å². The zero-order valence-corrected chi connectivity index (χ0v) is 22.8. The van der Waals surface area contributed by atoms with Crippen molar-refractivity contribution < 1.29 is 37.7 Å². The van der Waals surface area contributed by atoms with Gasteiger partial charge in [-0.25, -0.2) is 14.5 Å². The van der Waals surface area contributed by atoms with Gasteiger partial charge in [0.1, 0.15) is 17.2 Å². The predicted octanol–water partition coefficient (Wildman–Crippen LogP) is 4.55. The molecule has 4 rings (SSSR count). The monoisotopic (exact) mass is 565 g/mol. The van der Waals surface area contributed by atoms with Gasteiger partial charge in [-0.15, -0.1) is 0 Å². The zero-order chi connectivity index (χ0) is 29.2. The van der Waals surface area contributed by atoms with Gasteiger partial charge in [-0.2, -0.15) is 4.39 Å². The minimum atomic E-state index is -1.81. The van der Waals surface area contributed by atoms with Crippen LogP contribution in [-0.2, 0) is 16.0 Å². The second-order valence-electron chi connectivity index (χ2n) is 9.23. The normalized spacial score (nSPS) is 15.4. The van der Waals surface area contributed by atoms with Gasteiger partial charge in [0.15, 0.2) is 12.5 Å². The second kappa shape index (κ2) is 14.1. The molecule has 2 atom stereocenters. The lowest BCUT2D eigenvalue weighted by Gasteiger charge is -2.27. The molecule has 2 N–H and O–H groups in total. The Balaban J connectivity index is 1.24. The molecular formula is C30H32FN3O7. The molecule has 1 aliphatic rings. The highest BCUT2D eigenvalue weighted by Crippen LogP contribution is 2.26. The van der Waals surface area contributed by atoms with Gasteiger partial charge in [0.2, 0.25) is 0 Å². The maximum absolute atomic E-state index is 15.1. The van der Waals surface area contributed by atoms with Crippen LogP contribution < -0.4 is 24.8 Å². The Kier molecular flexibility index (Phi) is 10.1. The van der Waals surface area contributed by atoms with Crippen LogP contribution in [0, 0.1) is 0 Å². The number of carbonyl (C=O) groups excluding carboxylic acids is 3. The molecule has 0 spiro atoms. The maximum Gasteiger partial charge on any atom is 0.337 e. The number of amides is 2. The van der Waals surface area contributed by atoms with Crippen molar-refractivity contribution in [3.63, 3.8) is 0 Å². The molecule has 1 heterocycles. The van der Waals surface area contributed by atoms with Gasteiger partial charge < -0.3 is 29.6 Å². The number of hydrogen-bond acceptors (Lipinski definition) is 8. The van der Waals surface area contributed by atoms with Crippen molar-refractivity contribution in [1.82, 2.24) is 10.2 Å². The Hall–Kier alpha value is -4.64. The molecule has 2 amide bonds. The fourth-order valence-corrected chi connectivity index (χ4v) is 4.47. The first kappa shape index (κ1) is 29.3. The number of urea groups is 1. The van der Waals surface area contributed by atoms with Gasteiger partial charge in [-0.3, -0.25) is 4.79 Å². The second-order valence-corrected chi connectivity index (χ2v) is 9.23. The van der Waals surface area contributed by atoms with E-state index in [4.69, 9.17) is 14.2 Å². The predicted molar refractivity (Wildman–Crippen MR) is 149 cm³/mol. The number of para-hydroxylation sites is 2. The lowest BCUT2D eigenvalue weighted by atomic mass is 10.0. The van der Waals surface area contributed by atoms with E-state index in [1.807, 2.05) is 0 Å². The topological polar surface area (TPSA) is 115 Å². The number of nitrogens with one attached hydrogen (secondary N) is 2. The molecule has 0 aromatic heterocycles. The zero-order valence-electron chi connectivity index (χ0n) is 22.8. The Morgan fingerprint density at radius 3 is 2.39 bits per heavy atom. The number of Topliss-reactive ketones (excluding diaryl/α,β-unsaturated/α-hetero) is 1. The molecule has 0 bridgehead atoms. The number of halogens is 1. The summed E-state index contributed by atoms with van der Waals surface area (Å²) in [4.78, 5) is 38.2.